The molecule has 1 aromatic rings. The van der Waals surface area contributed by atoms with Gasteiger partial charge in [0, 0.05) is 25.5 Å². The summed E-state index contributed by atoms with van der Waals surface area (Å²) in [7, 11) is -5.04. The van der Waals surface area contributed by atoms with Gasteiger partial charge in [0.1, 0.15) is 6.04 Å². The van der Waals surface area contributed by atoms with Gasteiger partial charge in [-0.1, -0.05) is 6.07 Å². The zero-order valence-electron chi connectivity index (χ0n) is 13.5. The van der Waals surface area contributed by atoms with Crippen LogP contribution in [0.15, 0.2) is 24.5 Å². The summed E-state index contributed by atoms with van der Waals surface area (Å²) in [5.41, 5.74) is 0.815. The van der Waals surface area contributed by atoms with Crippen LogP contribution in [0.5, 0.6) is 0 Å². The van der Waals surface area contributed by atoms with Gasteiger partial charge in [0.15, 0.2) is 0 Å². The average Bonchev–Trinajstić information content (AvgIpc) is 2.77. The summed E-state index contributed by atoms with van der Waals surface area (Å²) in [6, 6.07) is 1.48. The van der Waals surface area contributed by atoms with Crippen molar-refractivity contribution >= 4 is 22.3 Å². The summed E-state index contributed by atoms with van der Waals surface area (Å²) < 4.78 is 36.4. The van der Waals surface area contributed by atoms with Gasteiger partial charge in [0.2, 0.25) is 16.3 Å². The van der Waals surface area contributed by atoms with Crippen molar-refractivity contribution in [3.8, 4) is 0 Å². The smallest absolute Gasteiger partial charge is 0.724 e. The number of hydroxylamine groups is 2. The normalized spacial score (nSPS) is 22.5. The molecule has 10 nitrogen and oxygen atoms in total. The molecule has 0 aromatic carbocycles. The van der Waals surface area contributed by atoms with Crippen LogP contribution < -0.4 is 34.9 Å². The second-order valence-electron chi connectivity index (χ2n) is 5.57. The molecule has 1 N–H and O–H groups in total. The number of pyridine rings is 1. The SMILES string of the molecule is O=C(NCc1cccnc1)[C@H]1CC[C@@H]2CN1C(=O)N2OS(=O)(=O)[O-].[Na+]. The molecule has 2 aliphatic heterocycles. The standard InChI is InChI=1S/C13H16N4O6S.Na/c18-12(15-7-9-2-1-5-14-6-9)11-4-3-10-8-16(11)13(19)17(10)23-24(20,21)22;/h1-2,5-6,10-11H,3-4,7-8H2,(H,15,18)(H,20,21,22);/q;+1/p-1/t10-,11-;/m1./s1. The van der Waals surface area contributed by atoms with E-state index in [1.54, 1.807) is 24.5 Å². The first-order chi connectivity index (χ1) is 11.3. The zero-order chi connectivity index (χ0) is 17.3. The van der Waals surface area contributed by atoms with Gasteiger partial charge in [-0.3, -0.25) is 9.78 Å². The van der Waals surface area contributed by atoms with E-state index >= 15 is 0 Å². The quantitative estimate of drug-likeness (QED) is 0.318. The maximum atomic E-state index is 12.3. The Labute approximate surface area is 166 Å². The van der Waals surface area contributed by atoms with E-state index in [0.29, 0.717) is 17.9 Å². The number of piperidine rings is 1. The molecule has 3 amide bonds. The third-order valence-electron chi connectivity index (χ3n) is 3.99. The molecule has 0 spiro atoms. The fraction of sp³-hybridized carbons (Fsp3) is 0.462. The van der Waals surface area contributed by atoms with Crippen LogP contribution in [-0.4, -0.2) is 58.5 Å². The molecule has 0 unspecified atom stereocenters. The average molecular weight is 378 g/mol. The molecule has 2 atom stereocenters. The Morgan fingerprint density at radius 1 is 1.44 bits per heavy atom. The third kappa shape index (κ3) is 4.68. The second-order valence-corrected chi connectivity index (χ2v) is 6.54. The molecule has 2 bridgehead atoms. The van der Waals surface area contributed by atoms with Crippen molar-refractivity contribution in [3.05, 3.63) is 30.1 Å². The predicted molar refractivity (Wildman–Crippen MR) is 77.6 cm³/mol. The minimum Gasteiger partial charge on any atom is -0.724 e. The first-order valence-electron chi connectivity index (χ1n) is 7.27. The van der Waals surface area contributed by atoms with Crippen LogP contribution >= 0.6 is 0 Å². The molecule has 12 heteroatoms. The molecule has 2 saturated heterocycles. The van der Waals surface area contributed by atoms with E-state index in [9.17, 15) is 22.6 Å². The van der Waals surface area contributed by atoms with E-state index < -0.39 is 28.5 Å². The molecular weight excluding hydrogens is 363 g/mol. The van der Waals surface area contributed by atoms with Crippen molar-refractivity contribution in [2.24, 2.45) is 0 Å². The number of fused-ring (bicyclic) bond motifs is 2. The van der Waals surface area contributed by atoms with Crippen LogP contribution in [0.2, 0.25) is 0 Å². The molecule has 3 rings (SSSR count). The number of urea groups is 1. The Morgan fingerprint density at radius 3 is 2.84 bits per heavy atom. The van der Waals surface area contributed by atoms with Crippen molar-refractivity contribution in [1.82, 2.24) is 20.3 Å². The first-order valence-corrected chi connectivity index (χ1v) is 8.60. The van der Waals surface area contributed by atoms with Gasteiger partial charge in [-0.25, -0.2) is 13.2 Å². The molecule has 1 aromatic heterocycles. The van der Waals surface area contributed by atoms with Gasteiger partial charge in [-0.15, -0.1) is 0 Å². The van der Waals surface area contributed by atoms with Crippen LogP contribution in [0.3, 0.4) is 0 Å². The van der Waals surface area contributed by atoms with Crippen molar-refractivity contribution in [1.29, 1.82) is 0 Å². The zero-order valence-corrected chi connectivity index (χ0v) is 16.3. The van der Waals surface area contributed by atoms with E-state index in [1.807, 2.05) is 0 Å². The van der Waals surface area contributed by atoms with Crippen molar-refractivity contribution in [2.75, 3.05) is 6.54 Å². The summed E-state index contributed by atoms with van der Waals surface area (Å²) in [6.07, 6.45) is 3.96. The molecule has 0 radical (unpaired) electrons. The van der Waals surface area contributed by atoms with Gasteiger partial charge < -0.3 is 14.8 Å². The fourth-order valence-electron chi connectivity index (χ4n) is 2.91. The number of carbonyl (C=O) groups excluding carboxylic acids is 2. The van der Waals surface area contributed by atoms with Gasteiger partial charge in [-0.05, 0) is 24.5 Å². The largest absolute Gasteiger partial charge is 1.00 e. The number of carbonyl (C=O) groups is 2. The number of hydrogen-bond acceptors (Lipinski definition) is 7. The van der Waals surface area contributed by atoms with Gasteiger partial charge in [0.05, 0.1) is 6.04 Å². The number of rotatable bonds is 5. The van der Waals surface area contributed by atoms with Crippen molar-refractivity contribution in [2.45, 2.75) is 31.5 Å². The van der Waals surface area contributed by atoms with Crippen LogP contribution in [-0.2, 0) is 26.0 Å². The van der Waals surface area contributed by atoms with E-state index in [0.717, 1.165) is 5.56 Å². The first kappa shape index (κ1) is 20.1. The van der Waals surface area contributed by atoms with E-state index in [2.05, 4.69) is 14.6 Å². The molecule has 3 heterocycles. The molecule has 0 aliphatic carbocycles. The molecular formula is C13H15N4NaO6S. The summed E-state index contributed by atoms with van der Waals surface area (Å²) in [5.74, 6) is -0.350. The molecule has 25 heavy (non-hydrogen) atoms. The molecule has 2 aliphatic rings. The van der Waals surface area contributed by atoms with Crippen LogP contribution in [0.25, 0.3) is 0 Å². The summed E-state index contributed by atoms with van der Waals surface area (Å²) in [6.45, 7) is 0.406. The third-order valence-corrected chi connectivity index (χ3v) is 4.33. The Kier molecular flexibility index (Phi) is 6.40. The molecule has 130 valence electrons. The maximum absolute atomic E-state index is 12.3. The van der Waals surface area contributed by atoms with Gasteiger partial charge in [0.25, 0.3) is 0 Å². The monoisotopic (exact) mass is 378 g/mol. The van der Waals surface area contributed by atoms with E-state index in [4.69, 9.17) is 0 Å². The second kappa shape index (κ2) is 7.98. The Morgan fingerprint density at radius 2 is 2.20 bits per heavy atom. The van der Waals surface area contributed by atoms with Gasteiger partial charge >= 0.3 is 35.6 Å². The number of aromatic nitrogens is 1. The van der Waals surface area contributed by atoms with Crippen LogP contribution in [0.1, 0.15) is 18.4 Å². The van der Waals surface area contributed by atoms with E-state index in [1.165, 1.54) is 4.90 Å². The van der Waals surface area contributed by atoms with Crippen molar-refractivity contribution in [3.63, 3.8) is 0 Å². The summed E-state index contributed by atoms with van der Waals surface area (Å²) in [5, 5.41) is 3.28. The molecule has 0 saturated carbocycles. The molecule has 2 fully saturated rings. The number of hydrogen-bond donors (Lipinski definition) is 1. The Bertz CT molecular complexity index is 746. The maximum Gasteiger partial charge on any atom is 1.00 e. The number of nitrogens with one attached hydrogen (secondary N) is 1. The summed E-state index contributed by atoms with van der Waals surface area (Å²) >= 11 is 0. The minimum atomic E-state index is -5.04. The Hall–Kier alpha value is -1.24. The predicted octanol–water partition coefficient (Wildman–Crippen LogP) is -3.64. The summed E-state index contributed by atoms with van der Waals surface area (Å²) in [4.78, 5) is 29.7. The minimum absolute atomic E-state index is 0. The number of amides is 3. The fourth-order valence-corrected chi connectivity index (χ4v) is 3.29. The van der Waals surface area contributed by atoms with Crippen molar-refractivity contribution < 1.29 is 56.4 Å². The number of nitrogens with zero attached hydrogens (tertiary/aromatic N) is 3. The topological polar surface area (TPSA) is 132 Å². The van der Waals surface area contributed by atoms with Crippen LogP contribution in [0.4, 0.5) is 4.79 Å². The Balaban J connectivity index is 0.00000225. The van der Waals surface area contributed by atoms with E-state index in [-0.39, 0.29) is 48.6 Å². The van der Waals surface area contributed by atoms with Gasteiger partial charge in [-0.2, -0.15) is 9.35 Å². The van der Waals surface area contributed by atoms with Crippen LogP contribution in [0, 0.1) is 0 Å².